The molecule has 1 atom stereocenters. The molecule has 0 aliphatic heterocycles. The van der Waals surface area contributed by atoms with Crippen LogP contribution in [0, 0.1) is 0 Å². The van der Waals surface area contributed by atoms with E-state index < -0.39 is 0 Å². The van der Waals surface area contributed by atoms with Crippen molar-refractivity contribution in [1.29, 1.82) is 0 Å². The highest BCUT2D eigenvalue weighted by molar-refractivity contribution is 7.98. The Bertz CT molecular complexity index is 130. The molecule has 0 fully saturated rings. The van der Waals surface area contributed by atoms with E-state index in [4.69, 9.17) is 0 Å². The maximum absolute atomic E-state index is 9.26. The first-order valence-corrected chi connectivity index (χ1v) is 6.31. The number of aliphatic hydroxyl groups is 1. The summed E-state index contributed by atoms with van der Waals surface area (Å²) in [6.07, 6.45) is 4.33. The van der Waals surface area contributed by atoms with E-state index in [1.54, 1.807) is 0 Å². The summed E-state index contributed by atoms with van der Waals surface area (Å²) in [5.41, 5.74) is -0.0934. The molecule has 0 saturated heterocycles. The summed E-state index contributed by atoms with van der Waals surface area (Å²) in [4.78, 5) is 0. The first-order valence-electron chi connectivity index (χ1n) is 4.91. The van der Waals surface area contributed by atoms with E-state index in [1.165, 1.54) is 5.75 Å². The van der Waals surface area contributed by atoms with Gasteiger partial charge in [-0.2, -0.15) is 11.8 Å². The molecule has 13 heavy (non-hydrogen) atoms. The van der Waals surface area contributed by atoms with E-state index in [0.717, 1.165) is 12.8 Å². The molecule has 0 saturated carbocycles. The van der Waals surface area contributed by atoms with Gasteiger partial charge in [0.15, 0.2) is 0 Å². The molecule has 0 rings (SSSR count). The maximum atomic E-state index is 9.26. The van der Waals surface area contributed by atoms with Gasteiger partial charge in [-0.05, 0) is 31.8 Å². The van der Waals surface area contributed by atoms with E-state index in [0.29, 0.717) is 6.04 Å². The molecule has 2 N–H and O–H groups in total. The molecule has 0 aliphatic rings. The van der Waals surface area contributed by atoms with Crippen LogP contribution in [-0.4, -0.2) is 35.3 Å². The van der Waals surface area contributed by atoms with E-state index in [1.807, 2.05) is 11.8 Å². The minimum Gasteiger partial charge on any atom is -0.394 e. The molecule has 0 heterocycles. The number of hydrogen-bond donors (Lipinski definition) is 2. The molecule has 0 radical (unpaired) electrons. The second-order valence-electron chi connectivity index (χ2n) is 4.11. The third-order valence-electron chi connectivity index (χ3n) is 2.06. The minimum atomic E-state index is -0.0934. The van der Waals surface area contributed by atoms with Crippen molar-refractivity contribution in [2.24, 2.45) is 0 Å². The van der Waals surface area contributed by atoms with Crippen LogP contribution in [-0.2, 0) is 0 Å². The first kappa shape index (κ1) is 13.3. The summed E-state index contributed by atoms with van der Waals surface area (Å²) in [5, 5.41) is 12.7. The Morgan fingerprint density at radius 1 is 1.46 bits per heavy atom. The highest BCUT2D eigenvalue weighted by atomic mass is 32.2. The Balaban J connectivity index is 3.81. The molecule has 3 heteroatoms. The van der Waals surface area contributed by atoms with Crippen LogP contribution in [0.1, 0.15) is 33.6 Å². The van der Waals surface area contributed by atoms with Crippen molar-refractivity contribution < 1.29 is 5.11 Å². The van der Waals surface area contributed by atoms with Crippen molar-refractivity contribution >= 4 is 11.8 Å². The summed E-state index contributed by atoms with van der Waals surface area (Å²) in [5.74, 6) is 1.18. The molecule has 0 spiro atoms. The van der Waals surface area contributed by atoms with Crippen molar-refractivity contribution in [3.63, 3.8) is 0 Å². The Morgan fingerprint density at radius 3 is 2.46 bits per heavy atom. The number of rotatable bonds is 7. The third kappa shape index (κ3) is 6.36. The maximum Gasteiger partial charge on any atom is 0.0610 e. The number of aliphatic hydroxyl groups excluding tert-OH is 1. The Kier molecular flexibility index (Phi) is 6.82. The third-order valence-corrected chi connectivity index (χ3v) is 2.76. The number of hydrogen-bond acceptors (Lipinski definition) is 3. The predicted molar refractivity (Wildman–Crippen MR) is 61.4 cm³/mol. The normalized spacial score (nSPS) is 16.2. The summed E-state index contributed by atoms with van der Waals surface area (Å²) in [7, 11) is 0. The molecule has 1 unspecified atom stereocenters. The van der Waals surface area contributed by atoms with Gasteiger partial charge in [0, 0.05) is 11.6 Å². The molecule has 0 amide bonds. The molecular weight excluding hydrogens is 182 g/mol. The van der Waals surface area contributed by atoms with Gasteiger partial charge >= 0.3 is 0 Å². The molecular formula is C10H23NOS. The van der Waals surface area contributed by atoms with Gasteiger partial charge in [0.1, 0.15) is 0 Å². The molecule has 0 aromatic rings. The van der Waals surface area contributed by atoms with Crippen LogP contribution in [0.5, 0.6) is 0 Å². The first-order chi connectivity index (χ1) is 6.04. The van der Waals surface area contributed by atoms with Gasteiger partial charge in [0.25, 0.3) is 0 Å². The number of thioether (sulfide) groups is 1. The summed E-state index contributed by atoms with van der Waals surface area (Å²) in [6, 6.07) is 0.437. The highest BCUT2D eigenvalue weighted by Crippen LogP contribution is 2.14. The molecule has 2 nitrogen and oxygen atoms in total. The molecule has 0 aliphatic carbocycles. The molecule has 0 aromatic heterocycles. The predicted octanol–water partition coefficient (Wildman–Crippen LogP) is 1.88. The van der Waals surface area contributed by atoms with Crippen LogP contribution in [0.3, 0.4) is 0 Å². The zero-order chi connectivity index (χ0) is 10.3. The van der Waals surface area contributed by atoms with Gasteiger partial charge in [-0.3, -0.25) is 0 Å². The van der Waals surface area contributed by atoms with E-state index >= 15 is 0 Å². The van der Waals surface area contributed by atoms with E-state index in [-0.39, 0.29) is 12.1 Å². The lowest BCUT2D eigenvalue weighted by molar-refractivity contribution is 0.156. The lowest BCUT2D eigenvalue weighted by atomic mass is 9.96. The highest BCUT2D eigenvalue weighted by Gasteiger charge is 2.22. The van der Waals surface area contributed by atoms with Crippen LogP contribution in [0.25, 0.3) is 0 Å². The van der Waals surface area contributed by atoms with Gasteiger partial charge < -0.3 is 10.4 Å². The van der Waals surface area contributed by atoms with Crippen LogP contribution in [0.2, 0.25) is 0 Å². The van der Waals surface area contributed by atoms with Gasteiger partial charge in [-0.15, -0.1) is 0 Å². The monoisotopic (exact) mass is 205 g/mol. The van der Waals surface area contributed by atoms with Crippen molar-refractivity contribution in [3.05, 3.63) is 0 Å². The fourth-order valence-electron chi connectivity index (χ4n) is 1.50. The Hall–Kier alpha value is 0.270. The topological polar surface area (TPSA) is 32.3 Å². The van der Waals surface area contributed by atoms with Gasteiger partial charge in [0.05, 0.1) is 6.61 Å². The standard InChI is InChI=1S/C10H23NOS/c1-9(2)11-10(3,8-12)6-5-7-13-4/h9,11-12H,5-8H2,1-4H3. The van der Waals surface area contributed by atoms with Crippen molar-refractivity contribution in [3.8, 4) is 0 Å². The van der Waals surface area contributed by atoms with Crippen LogP contribution in [0.4, 0.5) is 0 Å². The largest absolute Gasteiger partial charge is 0.394 e. The fraction of sp³-hybridized carbons (Fsp3) is 1.00. The molecule has 0 bridgehead atoms. The second kappa shape index (κ2) is 6.68. The van der Waals surface area contributed by atoms with Crippen LogP contribution in [0.15, 0.2) is 0 Å². The quantitative estimate of drug-likeness (QED) is 0.622. The van der Waals surface area contributed by atoms with Crippen molar-refractivity contribution in [1.82, 2.24) is 5.32 Å². The van der Waals surface area contributed by atoms with Gasteiger partial charge in [-0.25, -0.2) is 0 Å². The lowest BCUT2D eigenvalue weighted by Crippen LogP contribution is -2.49. The smallest absolute Gasteiger partial charge is 0.0610 e. The van der Waals surface area contributed by atoms with Gasteiger partial charge in [0.2, 0.25) is 0 Å². The lowest BCUT2D eigenvalue weighted by Gasteiger charge is -2.31. The SMILES string of the molecule is CSCCCC(C)(CO)NC(C)C. The average molecular weight is 205 g/mol. The van der Waals surface area contributed by atoms with Gasteiger partial charge in [-0.1, -0.05) is 13.8 Å². The summed E-state index contributed by atoms with van der Waals surface area (Å²) >= 11 is 1.86. The van der Waals surface area contributed by atoms with Crippen LogP contribution >= 0.6 is 11.8 Å². The van der Waals surface area contributed by atoms with Crippen LogP contribution < -0.4 is 5.32 Å². The average Bonchev–Trinajstić information content (AvgIpc) is 2.04. The van der Waals surface area contributed by atoms with Crippen molar-refractivity contribution in [2.45, 2.75) is 45.2 Å². The summed E-state index contributed by atoms with van der Waals surface area (Å²) < 4.78 is 0. The zero-order valence-corrected chi connectivity index (χ0v) is 10.1. The van der Waals surface area contributed by atoms with E-state index in [9.17, 15) is 5.11 Å². The fourth-order valence-corrected chi connectivity index (χ4v) is 1.93. The zero-order valence-electron chi connectivity index (χ0n) is 9.26. The van der Waals surface area contributed by atoms with E-state index in [2.05, 4.69) is 32.3 Å². The Morgan fingerprint density at radius 2 is 2.08 bits per heavy atom. The number of nitrogens with one attached hydrogen (secondary N) is 1. The van der Waals surface area contributed by atoms with Crippen molar-refractivity contribution in [2.75, 3.05) is 18.6 Å². The Labute approximate surface area is 86.5 Å². The minimum absolute atomic E-state index is 0.0934. The molecule has 0 aromatic carbocycles. The second-order valence-corrected chi connectivity index (χ2v) is 5.10. The summed E-state index contributed by atoms with van der Waals surface area (Å²) in [6.45, 7) is 6.54. The molecule has 80 valence electrons.